The van der Waals surface area contributed by atoms with Gasteiger partial charge in [-0.25, -0.2) is 9.48 Å². The second-order valence-corrected chi connectivity index (χ2v) is 6.79. The molecule has 2 rings (SSSR count). The number of halogens is 6. The van der Waals surface area contributed by atoms with Crippen LogP contribution in [0, 0.1) is 0 Å². The molecule has 8 nitrogen and oxygen atoms in total. The van der Waals surface area contributed by atoms with Gasteiger partial charge in [0, 0.05) is 25.1 Å². The SMILES string of the molecule is O=C(O)N1CCc2nn(CC(F)(F)F)c(OS(=O)(=O)C(F)(F)F)c2CC1. The lowest BCUT2D eigenvalue weighted by Gasteiger charge is -2.16. The lowest BCUT2D eigenvalue weighted by atomic mass is 10.1. The maximum atomic E-state index is 12.6. The summed E-state index contributed by atoms with van der Waals surface area (Å²) in [4.78, 5) is 11.8. The van der Waals surface area contributed by atoms with Crippen molar-refractivity contribution < 1.29 is 48.8 Å². The molecule has 0 spiro atoms. The molecule has 15 heteroatoms. The maximum absolute atomic E-state index is 12.6. The van der Waals surface area contributed by atoms with Gasteiger partial charge in [-0.3, -0.25) is 0 Å². The largest absolute Gasteiger partial charge is 0.534 e. The summed E-state index contributed by atoms with van der Waals surface area (Å²) in [7, 11) is -6.23. The Hall–Kier alpha value is -2.19. The first kappa shape index (κ1) is 20.1. The number of rotatable bonds is 3. The number of alkyl halides is 6. The second-order valence-electron chi connectivity index (χ2n) is 5.26. The molecule has 26 heavy (non-hydrogen) atoms. The zero-order valence-corrected chi connectivity index (χ0v) is 13.4. The Morgan fingerprint density at radius 1 is 1.15 bits per heavy atom. The number of amides is 1. The van der Waals surface area contributed by atoms with E-state index in [1.165, 1.54) is 0 Å². The highest BCUT2D eigenvalue weighted by Gasteiger charge is 2.50. The minimum atomic E-state index is -6.23. The van der Waals surface area contributed by atoms with Gasteiger partial charge in [0.15, 0.2) is 0 Å². The Labute approximate surface area is 142 Å². The molecule has 1 aromatic rings. The molecule has 0 aromatic carbocycles. The zero-order valence-electron chi connectivity index (χ0n) is 12.6. The highest BCUT2D eigenvalue weighted by Crippen LogP contribution is 2.33. The van der Waals surface area contributed by atoms with Gasteiger partial charge in [0.05, 0.1) is 5.69 Å². The molecule has 1 amide bonds. The third kappa shape index (κ3) is 4.31. The molecule has 0 unspecified atom stereocenters. The van der Waals surface area contributed by atoms with Crippen molar-refractivity contribution in [1.82, 2.24) is 14.7 Å². The predicted octanol–water partition coefficient (Wildman–Crippen LogP) is 1.75. The first-order chi connectivity index (χ1) is 11.7. The third-order valence-corrected chi connectivity index (χ3v) is 4.35. The first-order valence-electron chi connectivity index (χ1n) is 6.85. The Morgan fingerprint density at radius 3 is 2.23 bits per heavy atom. The topological polar surface area (TPSA) is 102 Å². The molecule has 0 bridgehead atoms. The highest BCUT2D eigenvalue weighted by atomic mass is 32.2. The molecule has 0 atom stereocenters. The van der Waals surface area contributed by atoms with Crippen LogP contribution in [0.25, 0.3) is 0 Å². The summed E-state index contributed by atoms with van der Waals surface area (Å²) in [6.45, 7) is -2.31. The van der Waals surface area contributed by atoms with Gasteiger partial charge in [-0.2, -0.15) is 39.9 Å². The molecule has 0 saturated heterocycles. The molecule has 0 radical (unpaired) electrons. The summed E-state index contributed by atoms with van der Waals surface area (Å²) >= 11 is 0. The molecular weight excluding hydrogens is 400 g/mol. The van der Waals surface area contributed by atoms with Gasteiger partial charge in [0.1, 0.15) is 6.54 Å². The van der Waals surface area contributed by atoms with Crippen LogP contribution in [-0.2, 0) is 29.5 Å². The number of aromatic nitrogens is 2. The maximum Gasteiger partial charge on any atom is 0.534 e. The molecule has 1 aliphatic rings. The molecule has 0 aliphatic carbocycles. The number of hydrogen-bond donors (Lipinski definition) is 1. The van der Waals surface area contributed by atoms with Crippen molar-refractivity contribution in [2.24, 2.45) is 0 Å². The lowest BCUT2D eigenvalue weighted by molar-refractivity contribution is -0.143. The van der Waals surface area contributed by atoms with E-state index in [0.29, 0.717) is 0 Å². The number of carboxylic acid groups (broad SMARTS) is 1. The van der Waals surface area contributed by atoms with Crippen molar-refractivity contribution >= 4 is 16.2 Å². The van der Waals surface area contributed by atoms with Crippen molar-refractivity contribution in [3.8, 4) is 5.88 Å². The highest BCUT2D eigenvalue weighted by molar-refractivity contribution is 7.87. The average molecular weight is 411 g/mol. The normalized spacial score (nSPS) is 16.2. The van der Waals surface area contributed by atoms with E-state index in [-0.39, 0.29) is 41.9 Å². The van der Waals surface area contributed by atoms with E-state index < -0.39 is 40.3 Å². The van der Waals surface area contributed by atoms with Crippen LogP contribution in [-0.4, -0.2) is 59.1 Å². The molecular formula is C11H11F6N3O5S. The van der Waals surface area contributed by atoms with Gasteiger partial charge in [0.25, 0.3) is 0 Å². The monoisotopic (exact) mass is 411 g/mol. The van der Waals surface area contributed by atoms with Crippen LogP contribution in [0.4, 0.5) is 31.1 Å². The van der Waals surface area contributed by atoms with Gasteiger partial charge in [0.2, 0.25) is 5.88 Å². The summed E-state index contributed by atoms with van der Waals surface area (Å²) in [6.07, 6.45) is -6.82. The first-order valence-corrected chi connectivity index (χ1v) is 8.26. The van der Waals surface area contributed by atoms with Crippen LogP contribution >= 0.6 is 0 Å². The summed E-state index contributed by atoms with van der Waals surface area (Å²) < 4.78 is 102. The van der Waals surface area contributed by atoms with Crippen LogP contribution in [0.2, 0.25) is 0 Å². The van der Waals surface area contributed by atoms with Crippen LogP contribution in [0.5, 0.6) is 5.88 Å². The third-order valence-electron chi connectivity index (χ3n) is 3.40. The lowest BCUT2D eigenvalue weighted by Crippen LogP contribution is -2.32. The fourth-order valence-corrected chi connectivity index (χ4v) is 2.78. The smallest absolute Gasteiger partial charge is 0.465 e. The van der Waals surface area contributed by atoms with Crippen molar-refractivity contribution in [2.75, 3.05) is 13.1 Å². The standard InChI is InChI=1S/C11H11F6N3O5S/c12-10(13,14)5-20-8(25-26(23,24)11(15,16)17)6-1-3-19(9(21)22)4-2-7(6)18-20/h1-5H2,(H,21,22). The number of carbonyl (C=O) groups is 1. The molecule has 1 aromatic heterocycles. The van der Waals surface area contributed by atoms with E-state index in [9.17, 15) is 39.6 Å². The summed E-state index contributed by atoms with van der Waals surface area (Å²) in [5, 5.41) is 12.4. The second kappa shape index (κ2) is 6.51. The van der Waals surface area contributed by atoms with Gasteiger partial charge in [-0.05, 0) is 6.42 Å². The Morgan fingerprint density at radius 2 is 1.73 bits per heavy atom. The predicted molar refractivity (Wildman–Crippen MR) is 70.9 cm³/mol. The van der Waals surface area contributed by atoms with E-state index in [1.807, 2.05) is 0 Å². The van der Waals surface area contributed by atoms with Crippen molar-refractivity contribution in [3.63, 3.8) is 0 Å². The van der Waals surface area contributed by atoms with Crippen LogP contribution in [0.1, 0.15) is 11.3 Å². The van der Waals surface area contributed by atoms with E-state index in [4.69, 9.17) is 5.11 Å². The van der Waals surface area contributed by atoms with Crippen LogP contribution in [0.3, 0.4) is 0 Å². The minimum absolute atomic E-state index is 0.00954. The van der Waals surface area contributed by atoms with Crippen LogP contribution < -0.4 is 4.18 Å². The quantitative estimate of drug-likeness (QED) is 0.462. The molecule has 0 fully saturated rings. The van der Waals surface area contributed by atoms with Gasteiger partial charge in [-0.15, -0.1) is 0 Å². The number of fused-ring (bicyclic) bond motifs is 1. The van der Waals surface area contributed by atoms with Crippen molar-refractivity contribution in [2.45, 2.75) is 31.1 Å². The van der Waals surface area contributed by atoms with E-state index in [1.54, 1.807) is 0 Å². The minimum Gasteiger partial charge on any atom is -0.465 e. The van der Waals surface area contributed by atoms with Crippen molar-refractivity contribution in [3.05, 3.63) is 11.3 Å². The van der Waals surface area contributed by atoms with Gasteiger partial charge < -0.3 is 14.2 Å². The number of hydrogen-bond acceptors (Lipinski definition) is 5. The Balaban J connectivity index is 2.47. The molecule has 2 heterocycles. The fourth-order valence-electron chi connectivity index (χ4n) is 2.29. The molecule has 148 valence electrons. The fraction of sp³-hybridized carbons (Fsp3) is 0.636. The Kier molecular flexibility index (Phi) is 5.04. The molecule has 1 aliphatic heterocycles. The molecule has 0 saturated carbocycles. The van der Waals surface area contributed by atoms with Gasteiger partial charge in [-0.1, -0.05) is 0 Å². The average Bonchev–Trinajstić information content (AvgIpc) is 2.63. The van der Waals surface area contributed by atoms with E-state index >= 15 is 0 Å². The van der Waals surface area contributed by atoms with Crippen LogP contribution in [0.15, 0.2) is 0 Å². The van der Waals surface area contributed by atoms with E-state index in [2.05, 4.69) is 9.28 Å². The van der Waals surface area contributed by atoms with E-state index in [0.717, 1.165) is 4.90 Å². The van der Waals surface area contributed by atoms with Crippen molar-refractivity contribution in [1.29, 1.82) is 0 Å². The zero-order chi connectivity index (χ0) is 19.9. The summed E-state index contributed by atoms with van der Waals surface area (Å²) in [5.74, 6) is -1.22. The Bertz CT molecular complexity index is 800. The van der Waals surface area contributed by atoms with Gasteiger partial charge >= 0.3 is 27.9 Å². The summed E-state index contributed by atoms with van der Waals surface area (Å²) in [5.41, 5.74) is -6.33. The molecule has 1 N–H and O–H groups in total. The summed E-state index contributed by atoms with van der Waals surface area (Å²) in [6, 6.07) is 0. The number of nitrogens with zero attached hydrogens (tertiary/aromatic N) is 3.